The first-order chi connectivity index (χ1) is 18.4. The second-order valence-corrected chi connectivity index (χ2v) is 11.0. The van der Waals surface area contributed by atoms with Gasteiger partial charge in [0.25, 0.3) is 11.5 Å². The first kappa shape index (κ1) is 25.9. The number of unbranched alkanes of at least 4 members (excludes halogenated alkanes) is 1. The number of hydrogen-bond acceptors (Lipinski definition) is 5. The van der Waals surface area contributed by atoms with E-state index in [1.165, 1.54) is 9.44 Å². The van der Waals surface area contributed by atoms with Gasteiger partial charge in [-0.25, -0.2) is 9.56 Å². The van der Waals surface area contributed by atoms with Crippen LogP contribution in [0.2, 0.25) is 0 Å². The van der Waals surface area contributed by atoms with Gasteiger partial charge in [-0.15, -0.1) is 11.3 Å². The Hall–Kier alpha value is -3.71. The normalized spacial score (nSPS) is 13.2. The van der Waals surface area contributed by atoms with Crippen molar-refractivity contribution in [3.8, 4) is 11.6 Å². The topological polar surface area (TPSA) is 83.7 Å². The molecule has 1 aliphatic rings. The second kappa shape index (κ2) is 11.0. The Morgan fingerprint density at radius 2 is 1.87 bits per heavy atom. The molecule has 5 rings (SSSR count). The maximum Gasteiger partial charge on any atom is 0.265 e. The lowest BCUT2D eigenvalue weighted by Gasteiger charge is -2.15. The molecule has 1 amide bonds. The molecule has 2 aromatic heterocycles. The predicted octanol–water partition coefficient (Wildman–Crippen LogP) is 6.53. The van der Waals surface area contributed by atoms with Crippen LogP contribution in [-0.2, 0) is 12.8 Å². The summed E-state index contributed by atoms with van der Waals surface area (Å²) in [6.07, 6.45) is 7.55. The van der Waals surface area contributed by atoms with Gasteiger partial charge in [-0.1, -0.05) is 37.6 Å². The van der Waals surface area contributed by atoms with Crippen molar-refractivity contribution in [1.82, 2.24) is 9.88 Å². The zero-order chi connectivity index (χ0) is 26.8. The minimum atomic E-state index is -0.291. The number of benzene rings is 2. The van der Waals surface area contributed by atoms with Crippen molar-refractivity contribution in [3.63, 3.8) is 0 Å². The van der Waals surface area contributed by atoms with Crippen LogP contribution < -0.4 is 10.9 Å². The van der Waals surface area contributed by atoms with Gasteiger partial charge in [0.2, 0.25) is 5.88 Å². The molecule has 0 fully saturated rings. The van der Waals surface area contributed by atoms with Crippen molar-refractivity contribution in [2.24, 2.45) is 4.99 Å². The maximum absolute atomic E-state index is 13.5. The zero-order valence-corrected chi connectivity index (χ0v) is 23.0. The number of carbonyl (C=O) groups excluding carboxylic acids is 1. The number of carbonyl (C=O) groups is 1. The molecule has 2 heterocycles. The van der Waals surface area contributed by atoms with E-state index in [-0.39, 0.29) is 17.3 Å². The summed E-state index contributed by atoms with van der Waals surface area (Å²) < 4.78 is 1.34. The summed E-state index contributed by atoms with van der Waals surface area (Å²) in [4.78, 5) is 32.7. The van der Waals surface area contributed by atoms with Gasteiger partial charge in [-0.3, -0.25) is 9.59 Å². The molecule has 0 unspecified atom stereocenters. The number of nitrogens with zero attached hydrogens (tertiary/aromatic N) is 2. The number of hydrogen-bond donors (Lipinski definition) is 2. The number of amides is 1. The van der Waals surface area contributed by atoms with E-state index in [1.54, 1.807) is 23.6 Å². The average molecular weight is 528 g/mol. The molecule has 1 aliphatic carbocycles. The summed E-state index contributed by atoms with van der Waals surface area (Å²) in [5, 5.41) is 16.3. The van der Waals surface area contributed by atoms with Gasteiger partial charge in [-0.2, -0.15) is 0 Å². The van der Waals surface area contributed by atoms with E-state index in [9.17, 15) is 14.7 Å². The zero-order valence-electron chi connectivity index (χ0n) is 22.1. The van der Waals surface area contributed by atoms with E-state index in [0.29, 0.717) is 39.1 Å². The van der Waals surface area contributed by atoms with Gasteiger partial charge in [0.05, 0.1) is 16.8 Å². The molecule has 0 saturated heterocycles. The van der Waals surface area contributed by atoms with Gasteiger partial charge in [0.15, 0.2) is 0 Å². The lowest BCUT2D eigenvalue weighted by atomic mass is 9.95. The van der Waals surface area contributed by atoms with E-state index in [0.717, 1.165) is 55.2 Å². The Morgan fingerprint density at radius 1 is 1.11 bits per heavy atom. The molecule has 2 N–H and O–H groups in total. The van der Waals surface area contributed by atoms with Crippen molar-refractivity contribution < 1.29 is 9.90 Å². The fourth-order valence-electron chi connectivity index (χ4n) is 5.06. The first-order valence-electron chi connectivity index (χ1n) is 13.3. The van der Waals surface area contributed by atoms with Crippen LogP contribution in [0.1, 0.15) is 70.1 Å². The fraction of sp³-hybridized carbons (Fsp3) is 0.323. The standard InChI is InChI=1S/C31H33N3O3S/c1-4-5-16-32-28(35)27-24-12-8-9-13-26(24)38-29(27)33-18-25-22-10-6-7-11-23(22)30(36)34(31(25)37)21-15-14-19(2)20(3)17-21/h6-7,10-11,14-15,17-18,37H,4-5,8-9,12-13,16H2,1-3H3,(H,32,35). The molecule has 0 aliphatic heterocycles. The molecule has 7 heteroatoms. The Balaban J connectivity index is 1.65. The minimum absolute atomic E-state index is 0.0841. The highest BCUT2D eigenvalue weighted by atomic mass is 32.1. The molecule has 6 nitrogen and oxygen atoms in total. The quantitative estimate of drug-likeness (QED) is 0.212. The summed E-state index contributed by atoms with van der Waals surface area (Å²) in [6.45, 7) is 6.73. The smallest absolute Gasteiger partial charge is 0.265 e. The highest BCUT2D eigenvalue weighted by Gasteiger charge is 2.25. The summed E-state index contributed by atoms with van der Waals surface area (Å²) in [5.74, 6) is -0.254. The molecule has 196 valence electrons. The van der Waals surface area contributed by atoms with Gasteiger partial charge >= 0.3 is 0 Å². The third-order valence-corrected chi connectivity index (χ3v) is 8.56. The number of thiophene rings is 1. The number of nitrogens with one attached hydrogen (secondary N) is 1. The van der Waals surface area contributed by atoms with Crippen molar-refractivity contribution in [2.75, 3.05) is 6.54 Å². The van der Waals surface area contributed by atoms with Crippen molar-refractivity contribution in [3.05, 3.63) is 85.5 Å². The monoisotopic (exact) mass is 527 g/mol. The van der Waals surface area contributed by atoms with Crippen molar-refractivity contribution in [1.29, 1.82) is 0 Å². The third-order valence-electron chi connectivity index (χ3n) is 7.36. The molecular weight excluding hydrogens is 494 g/mol. The number of aliphatic imine (C=N–C) groups is 1. The van der Waals surface area contributed by atoms with E-state index >= 15 is 0 Å². The van der Waals surface area contributed by atoms with E-state index < -0.39 is 0 Å². The highest BCUT2D eigenvalue weighted by molar-refractivity contribution is 7.16. The number of pyridine rings is 1. The Labute approximate surface area is 226 Å². The number of aromatic nitrogens is 1. The molecule has 0 saturated carbocycles. The minimum Gasteiger partial charge on any atom is -0.494 e. The summed E-state index contributed by atoms with van der Waals surface area (Å²) in [6, 6.07) is 12.9. The first-order valence-corrected chi connectivity index (χ1v) is 14.1. The predicted molar refractivity (Wildman–Crippen MR) is 156 cm³/mol. The molecule has 4 aromatic rings. The van der Waals surface area contributed by atoms with E-state index in [4.69, 9.17) is 4.99 Å². The summed E-state index contributed by atoms with van der Waals surface area (Å²) in [7, 11) is 0. The fourth-order valence-corrected chi connectivity index (χ4v) is 6.29. The van der Waals surface area contributed by atoms with Crippen LogP contribution in [0.5, 0.6) is 5.88 Å². The second-order valence-electron chi connectivity index (χ2n) is 9.95. The SMILES string of the molecule is CCCCNC(=O)c1c(N=Cc2c(O)n(-c3ccc(C)c(C)c3)c(=O)c3ccccc23)sc2c1CCCC2. The van der Waals surface area contributed by atoms with Crippen LogP contribution in [0.25, 0.3) is 16.5 Å². The summed E-state index contributed by atoms with van der Waals surface area (Å²) >= 11 is 1.56. The number of aryl methyl sites for hydroxylation is 3. The van der Waals surface area contributed by atoms with Crippen LogP contribution in [0.4, 0.5) is 5.00 Å². The van der Waals surface area contributed by atoms with Gasteiger partial charge in [-0.05, 0) is 80.8 Å². The van der Waals surface area contributed by atoms with Crippen molar-refractivity contribution >= 4 is 39.2 Å². The van der Waals surface area contributed by atoms with Crippen LogP contribution in [0.3, 0.4) is 0 Å². The Bertz CT molecular complexity index is 1610. The Kier molecular flexibility index (Phi) is 7.47. The van der Waals surface area contributed by atoms with Crippen LogP contribution in [0.15, 0.2) is 52.3 Å². The van der Waals surface area contributed by atoms with Crippen LogP contribution >= 0.6 is 11.3 Å². The van der Waals surface area contributed by atoms with E-state index in [1.807, 2.05) is 50.2 Å². The number of rotatable bonds is 7. The highest BCUT2D eigenvalue weighted by Crippen LogP contribution is 2.40. The lowest BCUT2D eigenvalue weighted by Crippen LogP contribution is -2.25. The lowest BCUT2D eigenvalue weighted by molar-refractivity contribution is 0.0953. The van der Waals surface area contributed by atoms with Gasteiger partial charge in [0.1, 0.15) is 5.00 Å². The third kappa shape index (κ3) is 4.78. The molecule has 38 heavy (non-hydrogen) atoms. The molecule has 0 atom stereocenters. The number of fused-ring (bicyclic) bond motifs is 2. The molecule has 0 bridgehead atoms. The van der Waals surface area contributed by atoms with E-state index in [2.05, 4.69) is 12.2 Å². The van der Waals surface area contributed by atoms with Crippen LogP contribution in [0, 0.1) is 13.8 Å². The molecule has 0 radical (unpaired) electrons. The maximum atomic E-state index is 13.5. The molecule has 2 aromatic carbocycles. The van der Waals surface area contributed by atoms with Crippen molar-refractivity contribution in [2.45, 2.75) is 59.3 Å². The summed E-state index contributed by atoms with van der Waals surface area (Å²) in [5.41, 5.74) is 4.65. The molecular formula is C31H33N3O3S. The van der Waals surface area contributed by atoms with Gasteiger partial charge in [0, 0.05) is 28.4 Å². The van der Waals surface area contributed by atoms with Gasteiger partial charge < -0.3 is 10.4 Å². The van der Waals surface area contributed by atoms with Crippen LogP contribution in [-0.4, -0.2) is 28.3 Å². The Morgan fingerprint density at radius 3 is 2.63 bits per heavy atom. The largest absolute Gasteiger partial charge is 0.494 e. The average Bonchev–Trinajstić information content (AvgIpc) is 3.29. The molecule has 0 spiro atoms. The number of aromatic hydroxyl groups is 1.